The fourth-order valence-electron chi connectivity index (χ4n) is 3.46. The first-order valence-electron chi connectivity index (χ1n) is 10.5. The van der Waals surface area contributed by atoms with Crippen LogP contribution in [0.4, 0.5) is 37.7 Å². The molecule has 0 spiro atoms. The number of nitrogens with zero attached hydrogens (tertiary/aromatic N) is 2. The van der Waals surface area contributed by atoms with Gasteiger partial charge in [0.05, 0.1) is 35.6 Å². The molecule has 16 heteroatoms. The highest BCUT2D eigenvalue weighted by Gasteiger charge is 2.36. The minimum atomic E-state index is -4.80. The summed E-state index contributed by atoms with van der Waals surface area (Å²) in [7, 11) is 0. The van der Waals surface area contributed by atoms with Gasteiger partial charge in [-0.15, -0.1) is 0 Å². The second kappa shape index (κ2) is 11.1. The average molecular weight is 728 g/mol. The number of nitro groups is 1. The van der Waals surface area contributed by atoms with Gasteiger partial charge in [0.1, 0.15) is 0 Å². The molecule has 6 nitrogen and oxygen atoms in total. The number of nitro benzene ring substituents is 1. The first-order valence-corrected chi connectivity index (χ1v) is 13.3. The molecule has 40 heavy (non-hydrogen) atoms. The van der Waals surface area contributed by atoms with E-state index in [0.717, 1.165) is 40.9 Å². The minimum absolute atomic E-state index is 0.00322. The Labute approximate surface area is 247 Å². The largest absolute Gasteiger partial charge is 0.448 e. The number of hydrogen-bond acceptors (Lipinski definition) is 6. The van der Waals surface area contributed by atoms with Crippen molar-refractivity contribution in [2.24, 2.45) is 0 Å². The molecule has 3 aromatic carbocycles. The molecule has 0 bridgehead atoms. The van der Waals surface area contributed by atoms with Crippen molar-refractivity contribution in [1.82, 2.24) is 0 Å². The zero-order chi connectivity index (χ0) is 29.6. The number of alkyl halides is 6. The second-order valence-corrected chi connectivity index (χ2v) is 11.3. The molecule has 0 aliphatic carbocycles. The number of rotatable bonds is 5. The molecule has 0 N–H and O–H groups in total. The lowest BCUT2D eigenvalue weighted by molar-refractivity contribution is -0.385. The summed E-state index contributed by atoms with van der Waals surface area (Å²) in [6.07, 6.45) is -7.99. The molecule has 0 aromatic heterocycles. The summed E-state index contributed by atoms with van der Waals surface area (Å²) in [5.41, 5.74) is -2.72. The van der Waals surface area contributed by atoms with E-state index in [2.05, 4.69) is 31.9 Å². The molecule has 1 aliphatic heterocycles. The predicted molar refractivity (Wildman–Crippen MR) is 147 cm³/mol. The van der Waals surface area contributed by atoms with Gasteiger partial charge in [-0.25, -0.2) is 0 Å². The van der Waals surface area contributed by atoms with Crippen molar-refractivity contribution >= 4 is 83.5 Å². The van der Waals surface area contributed by atoms with Crippen molar-refractivity contribution in [3.63, 3.8) is 0 Å². The highest BCUT2D eigenvalue weighted by atomic mass is 79.9. The van der Waals surface area contributed by atoms with E-state index in [1.54, 1.807) is 0 Å². The topological polar surface area (TPSA) is 72.7 Å². The van der Waals surface area contributed by atoms with Gasteiger partial charge in [0.15, 0.2) is 10.1 Å². The summed E-state index contributed by atoms with van der Waals surface area (Å²) >= 11 is 12.6. The smallest absolute Gasteiger partial charge is 0.416 e. The third-order valence-electron chi connectivity index (χ3n) is 5.24. The summed E-state index contributed by atoms with van der Waals surface area (Å²) in [5, 5.41) is 11.4. The van der Waals surface area contributed by atoms with Crippen molar-refractivity contribution in [2.45, 2.75) is 12.4 Å². The van der Waals surface area contributed by atoms with Gasteiger partial charge in [-0.2, -0.15) is 26.3 Å². The standard InChI is InChI=1S/C24H10Br2F6N2O4S2/c25-15-6-11(7-16(26)20(15)38-18-5-4-13(24(30,31)32)10-17(18)34(36)37)8-19-21(35)33(22(39)40-19)14-3-1-2-12(9-14)23(27,28)29/h1-10H. The van der Waals surface area contributed by atoms with Crippen molar-refractivity contribution in [2.75, 3.05) is 4.90 Å². The van der Waals surface area contributed by atoms with Crippen LogP contribution in [0.1, 0.15) is 16.7 Å². The van der Waals surface area contributed by atoms with Gasteiger partial charge in [0.2, 0.25) is 5.75 Å². The number of thiocarbonyl (C=S) groups is 1. The molecule has 1 saturated heterocycles. The highest BCUT2D eigenvalue weighted by Crippen LogP contribution is 2.44. The Kier molecular flexibility index (Phi) is 8.36. The first kappa shape index (κ1) is 30.0. The molecular weight excluding hydrogens is 718 g/mol. The van der Waals surface area contributed by atoms with Crippen molar-refractivity contribution < 1.29 is 40.8 Å². The third kappa shape index (κ3) is 6.34. The van der Waals surface area contributed by atoms with Crippen LogP contribution in [0.15, 0.2) is 68.4 Å². The Morgan fingerprint density at radius 3 is 2.12 bits per heavy atom. The van der Waals surface area contributed by atoms with Crippen LogP contribution < -0.4 is 9.64 Å². The second-order valence-electron chi connectivity index (χ2n) is 7.92. The van der Waals surface area contributed by atoms with Gasteiger partial charge < -0.3 is 4.74 Å². The summed E-state index contributed by atoms with van der Waals surface area (Å²) < 4.78 is 84.4. The molecule has 1 amide bonds. The normalized spacial score (nSPS) is 15.2. The van der Waals surface area contributed by atoms with Crippen molar-refractivity contribution in [3.8, 4) is 11.5 Å². The molecule has 0 radical (unpaired) electrons. The Bertz CT molecular complexity index is 1570. The van der Waals surface area contributed by atoms with Gasteiger partial charge in [0, 0.05) is 6.07 Å². The number of benzene rings is 3. The maximum absolute atomic E-state index is 13.1. The number of carbonyl (C=O) groups excluding carboxylic acids is 1. The van der Waals surface area contributed by atoms with E-state index in [1.165, 1.54) is 24.3 Å². The van der Waals surface area contributed by atoms with E-state index in [4.69, 9.17) is 17.0 Å². The molecular formula is C24H10Br2F6N2O4S2. The third-order valence-corrected chi connectivity index (χ3v) is 7.72. The van der Waals surface area contributed by atoms with Crippen molar-refractivity contribution in [3.05, 3.63) is 95.3 Å². The lowest BCUT2D eigenvalue weighted by Gasteiger charge is -2.16. The van der Waals surface area contributed by atoms with Gasteiger partial charge >= 0.3 is 18.0 Å². The van der Waals surface area contributed by atoms with Gasteiger partial charge in [0.25, 0.3) is 5.91 Å². The minimum Gasteiger partial charge on any atom is -0.448 e. The van der Waals surface area contributed by atoms with Crippen LogP contribution in [-0.2, 0) is 17.1 Å². The van der Waals surface area contributed by atoms with Crippen LogP contribution in [0.5, 0.6) is 11.5 Å². The summed E-state index contributed by atoms with van der Waals surface area (Å²) in [6, 6.07) is 8.93. The van der Waals surface area contributed by atoms with Crippen molar-refractivity contribution in [1.29, 1.82) is 0 Å². The quantitative estimate of drug-likeness (QED) is 0.0858. The fraction of sp³-hybridized carbons (Fsp3) is 0.0833. The summed E-state index contributed by atoms with van der Waals surface area (Å²) in [6.45, 7) is 0. The van der Waals surface area contributed by atoms with Crippen LogP contribution in [0.2, 0.25) is 0 Å². The molecule has 0 atom stereocenters. The van der Waals surface area contributed by atoms with Crippen LogP contribution in [0.25, 0.3) is 6.08 Å². The predicted octanol–water partition coefficient (Wildman–Crippen LogP) is 9.36. The lowest BCUT2D eigenvalue weighted by atomic mass is 10.1. The van der Waals surface area contributed by atoms with E-state index < -0.39 is 45.7 Å². The summed E-state index contributed by atoms with van der Waals surface area (Å²) in [4.78, 5) is 24.5. The zero-order valence-electron chi connectivity index (χ0n) is 19.1. The molecule has 0 unspecified atom stereocenters. The lowest BCUT2D eigenvalue weighted by Crippen LogP contribution is -2.27. The number of carbonyl (C=O) groups is 1. The zero-order valence-corrected chi connectivity index (χ0v) is 23.9. The van der Waals surface area contributed by atoms with E-state index in [0.29, 0.717) is 17.7 Å². The van der Waals surface area contributed by atoms with Gasteiger partial charge in [-0.3, -0.25) is 19.8 Å². The van der Waals surface area contributed by atoms with Crippen LogP contribution in [0, 0.1) is 10.1 Å². The molecule has 0 saturated carbocycles. The van der Waals surface area contributed by atoms with E-state index >= 15 is 0 Å². The number of hydrogen-bond donors (Lipinski definition) is 0. The highest BCUT2D eigenvalue weighted by molar-refractivity contribution is 9.11. The Morgan fingerprint density at radius 1 is 0.950 bits per heavy atom. The Hall–Kier alpha value is -2.95. The maximum Gasteiger partial charge on any atom is 0.416 e. The summed E-state index contributed by atoms with van der Waals surface area (Å²) in [5.74, 6) is -1.10. The molecule has 4 rings (SSSR count). The Morgan fingerprint density at radius 2 is 1.55 bits per heavy atom. The fourth-order valence-corrected chi connectivity index (χ4v) is 6.14. The first-order chi connectivity index (χ1) is 18.6. The van der Waals surface area contributed by atoms with Gasteiger partial charge in [-0.05, 0) is 86.0 Å². The van der Waals surface area contributed by atoms with Crippen LogP contribution in [-0.4, -0.2) is 15.2 Å². The number of anilines is 1. The Balaban J connectivity index is 1.63. The average Bonchev–Trinajstić information content (AvgIpc) is 3.12. The molecule has 1 aliphatic rings. The van der Waals surface area contributed by atoms with Crippen LogP contribution in [0.3, 0.4) is 0 Å². The van der Waals surface area contributed by atoms with E-state index in [1.807, 2.05) is 0 Å². The number of ether oxygens (including phenoxy) is 1. The maximum atomic E-state index is 13.1. The number of halogens is 8. The molecule has 1 fully saturated rings. The molecule has 3 aromatic rings. The number of amides is 1. The SMILES string of the molecule is O=C1C(=Cc2cc(Br)c(Oc3ccc(C(F)(F)F)cc3[N+](=O)[O-])c(Br)c2)SC(=S)N1c1cccc(C(F)(F)F)c1. The monoisotopic (exact) mass is 726 g/mol. The van der Waals surface area contributed by atoms with Crippen LogP contribution >= 0.6 is 55.8 Å². The van der Waals surface area contributed by atoms with E-state index in [-0.39, 0.29) is 29.6 Å². The molecule has 1 heterocycles. The number of thioether (sulfide) groups is 1. The molecule has 208 valence electrons. The van der Waals surface area contributed by atoms with E-state index in [9.17, 15) is 41.3 Å². The van der Waals surface area contributed by atoms with Gasteiger partial charge in [-0.1, -0.05) is 30.0 Å².